The van der Waals surface area contributed by atoms with Gasteiger partial charge in [-0.2, -0.15) is 0 Å². The lowest BCUT2D eigenvalue weighted by atomic mass is 10.0. The van der Waals surface area contributed by atoms with Gasteiger partial charge in [0.2, 0.25) is 5.91 Å². The minimum atomic E-state index is -0.884. The van der Waals surface area contributed by atoms with Crippen LogP contribution in [-0.4, -0.2) is 34.5 Å². The molecule has 0 aliphatic carbocycles. The summed E-state index contributed by atoms with van der Waals surface area (Å²) < 4.78 is 0. The summed E-state index contributed by atoms with van der Waals surface area (Å²) in [6.45, 7) is 2.30. The van der Waals surface area contributed by atoms with E-state index in [4.69, 9.17) is 5.11 Å². The Bertz CT molecular complexity index is 202. The third-order valence-corrected chi connectivity index (χ3v) is 2.19. The van der Waals surface area contributed by atoms with Gasteiger partial charge in [0, 0.05) is 13.0 Å². The lowest BCUT2D eigenvalue weighted by Gasteiger charge is -2.31. The molecule has 0 radical (unpaired) electrons. The SMILES string of the molecule is CCN1C(=O)CCC[C@H]1C(=O)O. The lowest BCUT2D eigenvalue weighted by molar-refractivity contribution is -0.152. The molecule has 4 nitrogen and oxygen atoms in total. The van der Waals surface area contributed by atoms with Gasteiger partial charge < -0.3 is 10.0 Å². The Kier molecular flexibility index (Phi) is 2.68. The lowest BCUT2D eigenvalue weighted by Crippen LogP contribution is -2.47. The van der Waals surface area contributed by atoms with E-state index in [2.05, 4.69) is 0 Å². The van der Waals surface area contributed by atoms with Crippen molar-refractivity contribution in [2.24, 2.45) is 0 Å². The van der Waals surface area contributed by atoms with Crippen LogP contribution in [-0.2, 0) is 9.59 Å². The van der Waals surface area contributed by atoms with Crippen LogP contribution < -0.4 is 0 Å². The molecule has 68 valence electrons. The summed E-state index contributed by atoms with van der Waals surface area (Å²) in [6, 6.07) is -0.587. The number of rotatable bonds is 2. The normalized spacial score (nSPS) is 24.2. The van der Waals surface area contributed by atoms with Crippen LogP contribution in [0.2, 0.25) is 0 Å². The molecule has 0 bridgehead atoms. The molecule has 0 aromatic carbocycles. The number of piperidine rings is 1. The van der Waals surface area contributed by atoms with E-state index in [-0.39, 0.29) is 5.91 Å². The predicted molar refractivity (Wildman–Crippen MR) is 42.7 cm³/mol. The van der Waals surface area contributed by atoms with Crippen molar-refractivity contribution in [1.29, 1.82) is 0 Å². The summed E-state index contributed by atoms with van der Waals surface area (Å²) in [4.78, 5) is 23.3. The largest absolute Gasteiger partial charge is 0.480 e. The molecule has 0 saturated carbocycles. The zero-order chi connectivity index (χ0) is 9.14. The second kappa shape index (κ2) is 3.56. The molecule has 0 aromatic rings. The van der Waals surface area contributed by atoms with Crippen LogP contribution in [0.3, 0.4) is 0 Å². The van der Waals surface area contributed by atoms with E-state index in [9.17, 15) is 9.59 Å². The van der Waals surface area contributed by atoms with E-state index in [0.29, 0.717) is 25.8 Å². The fourth-order valence-corrected chi connectivity index (χ4v) is 1.57. The molecule has 1 rings (SSSR count). The van der Waals surface area contributed by atoms with Gasteiger partial charge in [0.25, 0.3) is 0 Å². The fraction of sp³-hybridized carbons (Fsp3) is 0.750. The van der Waals surface area contributed by atoms with Crippen molar-refractivity contribution in [1.82, 2.24) is 4.90 Å². The summed E-state index contributed by atoms with van der Waals surface area (Å²) in [6.07, 6.45) is 1.79. The molecule has 1 fully saturated rings. The number of aliphatic carboxylic acids is 1. The van der Waals surface area contributed by atoms with Crippen molar-refractivity contribution >= 4 is 11.9 Å². The Balaban J connectivity index is 2.70. The molecule has 4 heteroatoms. The Labute approximate surface area is 71.2 Å². The summed E-state index contributed by atoms with van der Waals surface area (Å²) in [7, 11) is 0. The van der Waals surface area contributed by atoms with Crippen LogP contribution in [0, 0.1) is 0 Å². The van der Waals surface area contributed by atoms with Crippen LogP contribution in [0.15, 0.2) is 0 Å². The number of likely N-dealkylation sites (N-methyl/N-ethyl adjacent to an activating group) is 1. The zero-order valence-corrected chi connectivity index (χ0v) is 7.12. The predicted octanol–water partition coefficient (Wildman–Crippen LogP) is 0.472. The van der Waals surface area contributed by atoms with Crippen molar-refractivity contribution in [3.05, 3.63) is 0 Å². The van der Waals surface area contributed by atoms with E-state index in [1.54, 1.807) is 6.92 Å². The van der Waals surface area contributed by atoms with Crippen molar-refractivity contribution in [2.45, 2.75) is 32.2 Å². The molecule has 1 atom stereocenters. The third-order valence-electron chi connectivity index (χ3n) is 2.19. The van der Waals surface area contributed by atoms with Gasteiger partial charge in [0.1, 0.15) is 6.04 Å². The number of carbonyl (C=O) groups is 2. The first-order valence-corrected chi connectivity index (χ1v) is 4.19. The topological polar surface area (TPSA) is 57.6 Å². The van der Waals surface area contributed by atoms with Gasteiger partial charge in [-0.1, -0.05) is 0 Å². The Morgan fingerprint density at radius 3 is 2.83 bits per heavy atom. The van der Waals surface area contributed by atoms with Crippen molar-refractivity contribution in [2.75, 3.05) is 6.54 Å². The first kappa shape index (κ1) is 9.03. The van der Waals surface area contributed by atoms with Gasteiger partial charge in [-0.05, 0) is 19.8 Å². The molecule has 0 spiro atoms. The van der Waals surface area contributed by atoms with Gasteiger partial charge >= 0.3 is 5.97 Å². The maximum atomic E-state index is 11.2. The average molecular weight is 171 g/mol. The smallest absolute Gasteiger partial charge is 0.326 e. The third kappa shape index (κ3) is 1.57. The Morgan fingerprint density at radius 2 is 2.42 bits per heavy atom. The van der Waals surface area contributed by atoms with Crippen molar-refractivity contribution < 1.29 is 14.7 Å². The molecule has 12 heavy (non-hydrogen) atoms. The highest BCUT2D eigenvalue weighted by molar-refractivity contribution is 5.84. The average Bonchev–Trinajstić information content (AvgIpc) is 2.03. The van der Waals surface area contributed by atoms with Crippen LogP contribution in [0.4, 0.5) is 0 Å². The summed E-state index contributed by atoms with van der Waals surface area (Å²) >= 11 is 0. The number of carboxylic acids is 1. The number of carbonyl (C=O) groups excluding carboxylic acids is 1. The molecular weight excluding hydrogens is 158 g/mol. The maximum Gasteiger partial charge on any atom is 0.326 e. The number of hydrogen-bond acceptors (Lipinski definition) is 2. The van der Waals surface area contributed by atoms with Gasteiger partial charge in [-0.15, -0.1) is 0 Å². The summed E-state index contributed by atoms with van der Waals surface area (Å²) in [5.41, 5.74) is 0. The number of amides is 1. The quantitative estimate of drug-likeness (QED) is 0.657. The zero-order valence-electron chi connectivity index (χ0n) is 7.12. The molecule has 1 aliphatic rings. The van der Waals surface area contributed by atoms with Gasteiger partial charge in [-0.25, -0.2) is 4.79 Å². The van der Waals surface area contributed by atoms with Crippen molar-refractivity contribution in [3.8, 4) is 0 Å². The number of likely N-dealkylation sites (tertiary alicyclic amines) is 1. The standard InChI is InChI=1S/C8H13NO3/c1-2-9-6(8(11)12)4-3-5-7(9)10/h6H,2-5H2,1H3,(H,11,12)/t6-/m0/s1. The first-order chi connectivity index (χ1) is 5.66. The second-order valence-electron chi connectivity index (χ2n) is 2.93. The molecule has 0 aromatic heterocycles. The van der Waals surface area contributed by atoms with Gasteiger partial charge in [0.05, 0.1) is 0 Å². The Hall–Kier alpha value is -1.06. The first-order valence-electron chi connectivity index (χ1n) is 4.19. The van der Waals surface area contributed by atoms with Crippen LogP contribution >= 0.6 is 0 Å². The highest BCUT2D eigenvalue weighted by atomic mass is 16.4. The molecule has 1 saturated heterocycles. The van der Waals surface area contributed by atoms with E-state index >= 15 is 0 Å². The molecule has 1 heterocycles. The van der Waals surface area contributed by atoms with E-state index in [0.717, 1.165) is 0 Å². The number of nitrogens with zero attached hydrogens (tertiary/aromatic N) is 1. The molecule has 1 amide bonds. The molecule has 1 N–H and O–H groups in total. The molecule has 0 unspecified atom stereocenters. The van der Waals surface area contributed by atoms with Crippen LogP contribution in [0.1, 0.15) is 26.2 Å². The summed E-state index contributed by atoms with van der Waals surface area (Å²) in [5, 5.41) is 8.76. The van der Waals surface area contributed by atoms with Gasteiger partial charge in [-0.3, -0.25) is 4.79 Å². The van der Waals surface area contributed by atoms with E-state index in [1.165, 1.54) is 4.90 Å². The minimum Gasteiger partial charge on any atom is -0.480 e. The number of hydrogen-bond donors (Lipinski definition) is 1. The monoisotopic (exact) mass is 171 g/mol. The van der Waals surface area contributed by atoms with Gasteiger partial charge in [0.15, 0.2) is 0 Å². The van der Waals surface area contributed by atoms with Crippen molar-refractivity contribution in [3.63, 3.8) is 0 Å². The highest BCUT2D eigenvalue weighted by Gasteiger charge is 2.31. The van der Waals surface area contributed by atoms with Crippen LogP contribution in [0.5, 0.6) is 0 Å². The second-order valence-corrected chi connectivity index (χ2v) is 2.93. The van der Waals surface area contributed by atoms with E-state index in [1.807, 2.05) is 0 Å². The highest BCUT2D eigenvalue weighted by Crippen LogP contribution is 2.17. The Morgan fingerprint density at radius 1 is 1.75 bits per heavy atom. The molecular formula is C8H13NO3. The minimum absolute atomic E-state index is 0.0313. The summed E-state index contributed by atoms with van der Waals surface area (Å²) in [5.74, 6) is -0.916. The maximum absolute atomic E-state index is 11.2. The fourth-order valence-electron chi connectivity index (χ4n) is 1.57. The van der Waals surface area contributed by atoms with E-state index < -0.39 is 12.0 Å². The van der Waals surface area contributed by atoms with Crippen LogP contribution in [0.25, 0.3) is 0 Å². The molecule has 1 aliphatic heterocycles. The number of carboxylic acid groups (broad SMARTS) is 1.